The van der Waals surface area contributed by atoms with Crippen molar-refractivity contribution in [2.24, 2.45) is 0 Å². The summed E-state index contributed by atoms with van der Waals surface area (Å²) in [6.07, 6.45) is -0.778. The third-order valence-corrected chi connectivity index (χ3v) is 4.10. The van der Waals surface area contributed by atoms with E-state index in [0.717, 1.165) is 37.8 Å². The second kappa shape index (κ2) is 6.69. The molecule has 0 spiro atoms. The summed E-state index contributed by atoms with van der Waals surface area (Å²) in [4.78, 5) is 11.9. The molecule has 116 valence electrons. The van der Waals surface area contributed by atoms with E-state index in [2.05, 4.69) is 5.32 Å². The van der Waals surface area contributed by atoms with Gasteiger partial charge in [-0.25, -0.2) is 0 Å². The Morgan fingerprint density at radius 3 is 2.24 bits per heavy atom. The highest BCUT2D eigenvalue weighted by molar-refractivity contribution is 6.20. The van der Waals surface area contributed by atoms with Gasteiger partial charge in [-0.3, -0.25) is 4.79 Å². The minimum atomic E-state index is -4.35. The lowest BCUT2D eigenvalue weighted by atomic mass is 9.95. The number of benzene rings is 1. The van der Waals surface area contributed by atoms with Crippen LogP contribution in [0.3, 0.4) is 0 Å². The highest BCUT2D eigenvalue weighted by Crippen LogP contribution is 2.29. The van der Waals surface area contributed by atoms with Crippen molar-refractivity contribution in [3.05, 3.63) is 35.4 Å². The van der Waals surface area contributed by atoms with E-state index >= 15 is 0 Å². The molecule has 1 saturated carbocycles. The van der Waals surface area contributed by atoms with E-state index in [1.165, 1.54) is 12.1 Å². The van der Waals surface area contributed by atoms with Crippen LogP contribution < -0.4 is 5.32 Å². The summed E-state index contributed by atoms with van der Waals surface area (Å²) in [5.41, 5.74) is -0.126. The van der Waals surface area contributed by atoms with Gasteiger partial charge >= 0.3 is 6.18 Å². The Morgan fingerprint density at radius 1 is 1.14 bits per heavy atom. The number of carbonyl (C=O) groups excluding carboxylic acids is 1. The average molecular weight is 320 g/mol. The first kappa shape index (κ1) is 16.1. The Morgan fingerprint density at radius 2 is 1.71 bits per heavy atom. The molecule has 1 aliphatic carbocycles. The van der Waals surface area contributed by atoms with Crippen LogP contribution in [0.15, 0.2) is 24.3 Å². The van der Waals surface area contributed by atoms with Gasteiger partial charge in [0.25, 0.3) is 0 Å². The second-order valence-electron chi connectivity index (χ2n) is 5.39. The minimum Gasteiger partial charge on any atom is -0.353 e. The van der Waals surface area contributed by atoms with Gasteiger partial charge in [0.1, 0.15) is 0 Å². The van der Waals surface area contributed by atoms with E-state index in [1.54, 1.807) is 0 Å². The maximum Gasteiger partial charge on any atom is 0.416 e. The molecule has 1 aromatic rings. The van der Waals surface area contributed by atoms with E-state index in [4.69, 9.17) is 11.6 Å². The summed E-state index contributed by atoms with van der Waals surface area (Å²) in [5, 5.41) is 3.10. The van der Waals surface area contributed by atoms with Crippen LogP contribution in [0, 0.1) is 0 Å². The zero-order valence-electron chi connectivity index (χ0n) is 11.4. The van der Waals surface area contributed by atoms with E-state index in [9.17, 15) is 18.0 Å². The monoisotopic (exact) mass is 319 g/mol. The number of hydrogen-bond acceptors (Lipinski definition) is 1. The van der Waals surface area contributed by atoms with Crippen LogP contribution in [-0.4, -0.2) is 17.3 Å². The topological polar surface area (TPSA) is 29.1 Å². The molecule has 1 aromatic carbocycles. The molecule has 2 rings (SSSR count). The maximum atomic E-state index is 12.4. The summed E-state index contributed by atoms with van der Waals surface area (Å²) in [7, 11) is 0. The minimum absolute atomic E-state index is 0.0962. The molecule has 0 heterocycles. The van der Waals surface area contributed by atoms with E-state index < -0.39 is 11.7 Å². The Hall–Kier alpha value is -1.23. The van der Waals surface area contributed by atoms with Crippen LogP contribution in [0.1, 0.15) is 36.8 Å². The zero-order valence-corrected chi connectivity index (χ0v) is 12.2. The Kier molecular flexibility index (Phi) is 5.14. The van der Waals surface area contributed by atoms with Crippen LogP contribution in [0.4, 0.5) is 13.2 Å². The van der Waals surface area contributed by atoms with Gasteiger partial charge < -0.3 is 5.32 Å². The fraction of sp³-hybridized carbons (Fsp3) is 0.533. The summed E-state index contributed by atoms with van der Waals surface area (Å²) in [5.74, 6) is -0.159. The van der Waals surface area contributed by atoms with Gasteiger partial charge in [0, 0.05) is 11.4 Å². The van der Waals surface area contributed by atoms with E-state index in [-0.39, 0.29) is 23.7 Å². The van der Waals surface area contributed by atoms with Crippen molar-refractivity contribution >= 4 is 17.5 Å². The van der Waals surface area contributed by atoms with Gasteiger partial charge in [0.15, 0.2) is 0 Å². The van der Waals surface area contributed by atoms with Gasteiger partial charge in [-0.05, 0) is 43.4 Å². The van der Waals surface area contributed by atoms with Crippen LogP contribution in [0.5, 0.6) is 0 Å². The Bertz CT molecular complexity index is 479. The van der Waals surface area contributed by atoms with Crippen LogP contribution in [0.2, 0.25) is 0 Å². The van der Waals surface area contributed by atoms with Gasteiger partial charge in [0.2, 0.25) is 5.91 Å². The number of rotatable bonds is 3. The third-order valence-electron chi connectivity index (χ3n) is 3.67. The van der Waals surface area contributed by atoms with Gasteiger partial charge in [-0.15, -0.1) is 11.6 Å². The number of carbonyl (C=O) groups is 1. The molecule has 1 amide bonds. The van der Waals surface area contributed by atoms with E-state index in [0.29, 0.717) is 5.56 Å². The van der Waals surface area contributed by atoms with Gasteiger partial charge in [-0.1, -0.05) is 12.1 Å². The molecular formula is C15H17ClF3NO. The molecule has 0 unspecified atom stereocenters. The van der Waals surface area contributed by atoms with E-state index in [1.807, 2.05) is 0 Å². The van der Waals surface area contributed by atoms with Crippen molar-refractivity contribution in [3.63, 3.8) is 0 Å². The molecule has 2 nitrogen and oxygen atoms in total. The molecule has 0 bridgehead atoms. The quantitative estimate of drug-likeness (QED) is 0.841. The SMILES string of the molecule is O=C(Cc1ccc(C(F)(F)F)cc1)NC1CCC(Cl)CC1. The third kappa shape index (κ3) is 4.92. The number of amides is 1. The lowest BCUT2D eigenvalue weighted by molar-refractivity contribution is -0.137. The highest BCUT2D eigenvalue weighted by Gasteiger charge is 2.30. The van der Waals surface area contributed by atoms with Crippen LogP contribution in [-0.2, 0) is 17.4 Å². The number of alkyl halides is 4. The average Bonchev–Trinajstić information content (AvgIpc) is 2.41. The summed E-state index contributed by atoms with van der Waals surface area (Å²) in [6, 6.07) is 4.82. The van der Waals surface area contributed by atoms with Gasteiger partial charge in [-0.2, -0.15) is 13.2 Å². The number of nitrogens with one attached hydrogen (secondary N) is 1. The lowest BCUT2D eigenvalue weighted by Gasteiger charge is -2.25. The molecule has 0 saturated heterocycles. The summed E-state index contributed by atoms with van der Waals surface area (Å²) < 4.78 is 37.3. The molecule has 1 N–H and O–H groups in total. The van der Waals surface area contributed by atoms with Crippen LogP contribution in [0.25, 0.3) is 0 Å². The zero-order chi connectivity index (χ0) is 15.5. The predicted molar refractivity (Wildman–Crippen MR) is 75.2 cm³/mol. The summed E-state index contributed by atoms with van der Waals surface area (Å²) in [6.45, 7) is 0. The highest BCUT2D eigenvalue weighted by atomic mass is 35.5. The molecule has 0 atom stereocenters. The van der Waals surface area contributed by atoms with Crippen molar-refractivity contribution in [2.75, 3.05) is 0 Å². The fourth-order valence-corrected chi connectivity index (χ4v) is 2.72. The van der Waals surface area contributed by atoms with Crippen molar-refractivity contribution in [1.29, 1.82) is 0 Å². The van der Waals surface area contributed by atoms with Crippen molar-refractivity contribution < 1.29 is 18.0 Å². The van der Waals surface area contributed by atoms with Crippen molar-refractivity contribution in [1.82, 2.24) is 5.32 Å². The fourth-order valence-electron chi connectivity index (χ4n) is 2.47. The lowest BCUT2D eigenvalue weighted by Crippen LogP contribution is -2.38. The Labute approximate surface area is 126 Å². The first-order chi connectivity index (χ1) is 9.84. The molecule has 1 fully saturated rings. The number of hydrogen-bond donors (Lipinski definition) is 1. The Balaban J connectivity index is 1.85. The molecule has 1 aliphatic rings. The first-order valence-electron chi connectivity index (χ1n) is 6.94. The largest absolute Gasteiger partial charge is 0.416 e. The first-order valence-corrected chi connectivity index (χ1v) is 7.38. The molecule has 6 heteroatoms. The molecule has 21 heavy (non-hydrogen) atoms. The van der Waals surface area contributed by atoms with Crippen molar-refractivity contribution in [2.45, 2.75) is 49.7 Å². The molecule has 0 aromatic heterocycles. The second-order valence-corrected chi connectivity index (χ2v) is 6.01. The molecular weight excluding hydrogens is 303 g/mol. The molecule has 0 radical (unpaired) electrons. The summed E-state index contributed by atoms with van der Waals surface area (Å²) >= 11 is 6.00. The van der Waals surface area contributed by atoms with Crippen molar-refractivity contribution in [3.8, 4) is 0 Å². The number of halogens is 4. The van der Waals surface area contributed by atoms with Crippen LogP contribution >= 0.6 is 11.6 Å². The maximum absolute atomic E-state index is 12.4. The predicted octanol–water partition coefficient (Wildman–Crippen LogP) is 3.91. The van der Waals surface area contributed by atoms with Gasteiger partial charge in [0.05, 0.1) is 12.0 Å². The normalized spacial score (nSPS) is 22.9. The smallest absolute Gasteiger partial charge is 0.353 e. The molecule has 0 aliphatic heterocycles. The standard InChI is InChI=1S/C15H17ClF3NO/c16-12-5-7-13(8-6-12)20-14(21)9-10-1-3-11(4-2-10)15(17,18)19/h1-4,12-13H,5-9H2,(H,20,21).